The smallest absolute Gasteiger partial charge is 0.253 e. The number of nitrogens with two attached hydrogens (primary N) is 1. The second kappa shape index (κ2) is 10.3. The highest BCUT2D eigenvalue weighted by Crippen LogP contribution is 2.20. The first-order valence-electron chi connectivity index (χ1n) is 9.88. The molecule has 9 nitrogen and oxygen atoms in total. The molecule has 32 heavy (non-hydrogen) atoms. The quantitative estimate of drug-likeness (QED) is 0.468. The highest BCUT2D eigenvalue weighted by Gasteiger charge is 2.15. The Morgan fingerprint density at radius 2 is 1.91 bits per heavy atom. The monoisotopic (exact) mass is 439 g/mol. The van der Waals surface area contributed by atoms with E-state index in [0.29, 0.717) is 22.6 Å². The molecule has 0 fully saturated rings. The Kier molecular flexibility index (Phi) is 7.27. The summed E-state index contributed by atoms with van der Waals surface area (Å²) in [4.78, 5) is 39.8. The van der Waals surface area contributed by atoms with E-state index in [1.165, 1.54) is 6.07 Å². The average molecular weight is 439 g/mol. The molecule has 0 atom stereocenters. The van der Waals surface area contributed by atoms with Crippen LogP contribution in [0.3, 0.4) is 0 Å². The van der Waals surface area contributed by atoms with Gasteiger partial charge in [-0.15, -0.1) is 0 Å². The third kappa shape index (κ3) is 5.97. The van der Waals surface area contributed by atoms with Gasteiger partial charge in [-0.2, -0.15) is 4.98 Å². The van der Waals surface area contributed by atoms with Crippen molar-refractivity contribution in [2.45, 2.75) is 26.2 Å². The van der Waals surface area contributed by atoms with Crippen LogP contribution in [0.4, 0.5) is 10.1 Å². The molecule has 0 spiro atoms. The molecule has 4 N–H and O–H groups in total. The number of hydrogen-bond acceptors (Lipinski definition) is 6. The van der Waals surface area contributed by atoms with E-state index in [1.54, 1.807) is 43.3 Å². The van der Waals surface area contributed by atoms with Crippen LogP contribution in [0.5, 0.6) is 0 Å². The summed E-state index contributed by atoms with van der Waals surface area (Å²) in [5.41, 5.74) is 6.73. The second-order valence-corrected chi connectivity index (χ2v) is 7.04. The van der Waals surface area contributed by atoms with Gasteiger partial charge in [0, 0.05) is 31.4 Å². The molecule has 3 amide bonds. The molecule has 0 aliphatic carbocycles. The van der Waals surface area contributed by atoms with Gasteiger partial charge in [0.15, 0.2) is 0 Å². The molecule has 166 valence electrons. The molecule has 0 radical (unpaired) electrons. The number of aryl methyl sites for hydroxylation is 2. The number of rotatable bonds is 9. The van der Waals surface area contributed by atoms with Gasteiger partial charge in [0.2, 0.25) is 23.5 Å². The molecule has 10 heteroatoms. The lowest BCUT2D eigenvalue weighted by atomic mass is 10.1. The first-order valence-corrected chi connectivity index (χ1v) is 9.88. The van der Waals surface area contributed by atoms with E-state index in [0.717, 1.165) is 0 Å². The average Bonchev–Trinajstić information content (AvgIpc) is 3.23. The van der Waals surface area contributed by atoms with Gasteiger partial charge in [-0.1, -0.05) is 17.3 Å². The number of nitrogens with zero attached hydrogens (tertiary/aromatic N) is 2. The Hall–Kier alpha value is -4.08. The topological polar surface area (TPSA) is 140 Å². The molecule has 0 saturated heterocycles. The summed E-state index contributed by atoms with van der Waals surface area (Å²) < 4.78 is 18.6. The third-order valence-corrected chi connectivity index (χ3v) is 4.55. The van der Waals surface area contributed by atoms with E-state index in [1.807, 2.05) is 0 Å². The fourth-order valence-corrected chi connectivity index (χ4v) is 2.88. The van der Waals surface area contributed by atoms with Crippen LogP contribution in [0, 0.1) is 12.7 Å². The molecule has 1 heterocycles. The lowest BCUT2D eigenvalue weighted by molar-refractivity contribution is -0.118. The third-order valence-electron chi connectivity index (χ3n) is 4.55. The minimum atomic E-state index is -0.523. The van der Waals surface area contributed by atoms with Crippen molar-refractivity contribution in [3.63, 3.8) is 0 Å². The van der Waals surface area contributed by atoms with E-state index >= 15 is 0 Å². The molecular weight excluding hydrogens is 417 g/mol. The summed E-state index contributed by atoms with van der Waals surface area (Å²) in [6, 6.07) is 11.0. The Labute approximate surface area is 183 Å². The summed E-state index contributed by atoms with van der Waals surface area (Å²) in [7, 11) is 0. The van der Waals surface area contributed by atoms with Gasteiger partial charge in [0.25, 0.3) is 5.91 Å². The second-order valence-electron chi connectivity index (χ2n) is 7.04. The zero-order chi connectivity index (χ0) is 23.1. The number of amides is 3. The summed E-state index contributed by atoms with van der Waals surface area (Å²) in [5, 5.41) is 9.14. The standard InChI is InChI=1S/C22H22FN5O4/c1-13-12-14(6-7-16(13)23)21-27-20(32-28-21)9-8-19(30)26-17-5-3-2-4-15(17)22(31)25-11-10-18(24)29/h2-7,12H,8-11H2,1H3,(H2,24,29)(H,25,31)(H,26,30). The SMILES string of the molecule is Cc1cc(-c2noc(CCC(=O)Nc3ccccc3C(=O)NCCC(N)=O)n2)ccc1F. The van der Waals surface area contributed by atoms with Crippen LogP contribution < -0.4 is 16.4 Å². The van der Waals surface area contributed by atoms with Crippen LogP contribution in [0.25, 0.3) is 11.4 Å². The predicted octanol–water partition coefficient (Wildman–Crippen LogP) is 2.36. The number of halogens is 1. The van der Waals surface area contributed by atoms with Crippen molar-refractivity contribution in [1.82, 2.24) is 15.5 Å². The number of para-hydroxylation sites is 1. The molecule has 2 aromatic carbocycles. The Bertz CT molecular complexity index is 1140. The molecule has 3 rings (SSSR count). The minimum Gasteiger partial charge on any atom is -0.370 e. The van der Waals surface area contributed by atoms with Crippen molar-refractivity contribution < 1.29 is 23.3 Å². The van der Waals surface area contributed by atoms with Gasteiger partial charge in [-0.25, -0.2) is 4.39 Å². The number of nitrogens with one attached hydrogen (secondary N) is 2. The summed E-state index contributed by atoms with van der Waals surface area (Å²) in [6.45, 7) is 1.74. The van der Waals surface area contributed by atoms with Crippen LogP contribution in [0.2, 0.25) is 0 Å². The van der Waals surface area contributed by atoms with E-state index in [4.69, 9.17) is 10.3 Å². The highest BCUT2D eigenvalue weighted by molar-refractivity contribution is 6.03. The fourth-order valence-electron chi connectivity index (χ4n) is 2.88. The maximum Gasteiger partial charge on any atom is 0.253 e. The maximum absolute atomic E-state index is 13.4. The maximum atomic E-state index is 13.4. The van der Waals surface area contributed by atoms with E-state index in [9.17, 15) is 18.8 Å². The van der Waals surface area contributed by atoms with Crippen LogP contribution in [0.15, 0.2) is 47.0 Å². The van der Waals surface area contributed by atoms with E-state index in [-0.39, 0.29) is 49.0 Å². The van der Waals surface area contributed by atoms with Gasteiger partial charge >= 0.3 is 0 Å². The van der Waals surface area contributed by atoms with Crippen molar-refractivity contribution in [3.8, 4) is 11.4 Å². The van der Waals surface area contributed by atoms with Gasteiger partial charge in [-0.3, -0.25) is 14.4 Å². The molecule has 0 bridgehead atoms. The van der Waals surface area contributed by atoms with Crippen molar-refractivity contribution in [3.05, 3.63) is 65.3 Å². The summed E-state index contributed by atoms with van der Waals surface area (Å²) in [5.74, 6) is -1.06. The lowest BCUT2D eigenvalue weighted by Crippen LogP contribution is -2.28. The summed E-state index contributed by atoms with van der Waals surface area (Å²) in [6.07, 6.45) is 0.248. The van der Waals surface area contributed by atoms with Crippen LogP contribution >= 0.6 is 0 Å². The zero-order valence-electron chi connectivity index (χ0n) is 17.4. The number of carbonyl (C=O) groups is 3. The predicted molar refractivity (Wildman–Crippen MR) is 114 cm³/mol. The Morgan fingerprint density at radius 1 is 1.12 bits per heavy atom. The Balaban J connectivity index is 1.58. The highest BCUT2D eigenvalue weighted by atomic mass is 19.1. The number of carbonyl (C=O) groups excluding carboxylic acids is 3. The van der Waals surface area contributed by atoms with Crippen molar-refractivity contribution in [2.75, 3.05) is 11.9 Å². The minimum absolute atomic E-state index is 0.0178. The van der Waals surface area contributed by atoms with Gasteiger partial charge < -0.3 is 20.9 Å². The molecule has 0 aliphatic heterocycles. The van der Waals surface area contributed by atoms with Crippen molar-refractivity contribution in [2.24, 2.45) is 5.73 Å². The van der Waals surface area contributed by atoms with Crippen LogP contribution in [-0.2, 0) is 16.0 Å². The molecule has 0 unspecified atom stereocenters. The zero-order valence-corrected chi connectivity index (χ0v) is 17.4. The van der Waals surface area contributed by atoms with Crippen LogP contribution in [0.1, 0.15) is 34.7 Å². The van der Waals surface area contributed by atoms with E-state index in [2.05, 4.69) is 20.8 Å². The lowest BCUT2D eigenvalue weighted by Gasteiger charge is -2.11. The van der Waals surface area contributed by atoms with Crippen molar-refractivity contribution >= 4 is 23.4 Å². The largest absolute Gasteiger partial charge is 0.370 e. The Morgan fingerprint density at radius 3 is 2.66 bits per heavy atom. The number of hydrogen-bond donors (Lipinski definition) is 3. The molecule has 3 aromatic rings. The molecule has 0 aliphatic rings. The number of anilines is 1. The number of primary amides is 1. The first-order chi connectivity index (χ1) is 15.3. The molecule has 0 saturated carbocycles. The fraction of sp³-hybridized carbons (Fsp3) is 0.227. The first kappa shape index (κ1) is 22.6. The molecule has 1 aromatic heterocycles. The van der Waals surface area contributed by atoms with Gasteiger partial charge in [0.1, 0.15) is 5.82 Å². The normalized spacial score (nSPS) is 10.6. The summed E-state index contributed by atoms with van der Waals surface area (Å²) >= 11 is 0. The number of benzene rings is 2. The van der Waals surface area contributed by atoms with E-state index < -0.39 is 11.8 Å². The molecular formula is C22H22FN5O4. The van der Waals surface area contributed by atoms with Crippen molar-refractivity contribution in [1.29, 1.82) is 0 Å². The van der Waals surface area contributed by atoms with Gasteiger partial charge in [0.05, 0.1) is 11.3 Å². The van der Waals surface area contributed by atoms with Crippen LogP contribution in [-0.4, -0.2) is 34.4 Å². The van der Waals surface area contributed by atoms with Gasteiger partial charge in [-0.05, 0) is 42.8 Å². The number of aromatic nitrogens is 2.